The van der Waals surface area contributed by atoms with Gasteiger partial charge in [0.05, 0.1) is 17.7 Å². The van der Waals surface area contributed by atoms with Gasteiger partial charge in [0.25, 0.3) is 5.91 Å². The number of nitrogens with zero attached hydrogens (tertiary/aromatic N) is 1. The van der Waals surface area contributed by atoms with Gasteiger partial charge in [0, 0.05) is 24.8 Å². The normalized spacial score (nSPS) is 16.1. The van der Waals surface area contributed by atoms with Crippen LogP contribution < -0.4 is 16.0 Å². The van der Waals surface area contributed by atoms with Gasteiger partial charge in [-0.05, 0) is 29.7 Å². The predicted molar refractivity (Wildman–Crippen MR) is 106 cm³/mol. The maximum absolute atomic E-state index is 12.4. The first-order valence-electron chi connectivity index (χ1n) is 9.13. The Morgan fingerprint density at radius 3 is 2.71 bits per heavy atom. The molecule has 28 heavy (non-hydrogen) atoms. The van der Waals surface area contributed by atoms with Crippen LogP contribution in [0.4, 0.5) is 5.69 Å². The van der Waals surface area contributed by atoms with E-state index in [-0.39, 0.29) is 18.2 Å². The number of hydrogen-bond donors (Lipinski definition) is 3. The van der Waals surface area contributed by atoms with E-state index < -0.39 is 11.9 Å². The van der Waals surface area contributed by atoms with E-state index in [1.54, 1.807) is 24.3 Å². The molecule has 0 radical (unpaired) electrons. The highest BCUT2D eigenvalue weighted by atomic mass is 16.2. The minimum atomic E-state index is -0.910. The van der Waals surface area contributed by atoms with Crippen molar-refractivity contribution in [2.45, 2.75) is 19.0 Å². The van der Waals surface area contributed by atoms with Crippen molar-refractivity contribution in [1.82, 2.24) is 15.2 Å². The minimum absolute atomic E-state index is 0.113. The fraction of sp³-hybridized carbons (Fsp3) is 0.190. The van der Waals surface area contributed by atoms with Gasteiger partial charge in [-0.15, -0.1) is 0 Å². The Hall–Kier alpha value is -3.61. The smallest absolute Gasteiger partial charge is 0.254 e. The Labute approximate surface area is 161 Å². The van der Waals surface area contributed by atoms with Gasteiger partial charge in [0.1, 0.15) is 6.04 Å². The molecular weight excluding hydrogens is 356 g/mol. The second-order valence-electron chi connectivity index (χ2n) is 6.68. The molecule has 1 unspecified atom stereocenters. The Bertz CT molecular complexity index is 1060. The summed E-state index contributed by atoms with van der Waals surface area (Å²) < 4.78 is 2.06. The highest BCUT2D eigenvalue weighted by Crippen LogP contribution is 2.19. The number of amides is 3. The number of nitrogens with one attached hydrogen (secondary N) is 3. The summed E-state index contributed by atoms with van der Waals surface area (Å²) in [4.78, 5) is 36.9. The number of carbonyl (C=O) groups excluding carboxylic acids is 3. The molecule has 0 spiro atoms. The second kappa shape index (κ2) is 7.56. The third kappa shape index (κ3) is 3.59. The van der Waals surface area contributed by atoms with Gasteiger partial charge in [-0.2, -0.15) is 0 Å². The van der Waals surface area contributed by atoms with E-state index in [9.17, 15) is 14.4 Å². The van der Waals surface area contributed by atoms with Gasteiger partial charge < -0.3 is 20.5 Å². The Kier molecular flexibility index (Phi) is 4.80. The monoisotopic (exact) mass is 376 g/mol. The molecule has 0 saturated heterocycles. The number of carbonyl (C=O) groups is 3. The average molecular weight is 376 g/mol. The fourth-order valence-electron chi connectivity index (χ4n) is 3.36. The largest absolute Gasteiger partial charge is 0.354 e. The van der Waals surface area contributed by atoms with Crippen LogP contribution >= 0.6 is 0 Å². The average Bonchev–Trinajstić information content (AvgIpc) is 3.06. The summed E-state index contributed by atoms with van der Waals surface area (Å²) in [5.74, 6) is -1.06. The van der Waals surface area contributed by atoms with Crippen molar-refractivity contribution < 1.29 is 14.4 Å². The molecule has 4 rings (SSSR count). The molecule has 0 fully saturated rings. The van der Waals surface area contributed by atoms with Crippen LogP contribution in [0.25, 0.3) is 10.9 Å². The number of rotatable bonds is 5. The summed E-state index contributed by atoms with van der Waals surface area (Å²) in [6.45, 7) is 1.05. The van der Waals surface area contributed by atoms with Crippen LogP contribution in [0.1, 0.15) is 16.8 Å². The molecule has 2 aromatic carbocycles. The molecule has 1 aliphatic heterocycles. The van der Waals surface area contributed by atoms with Gasteiger partial charge in [0.2, 0.25) is 11.8 Å². The van der Waals surface area contributed by atoms with E-state index in [1.165, 1.54) is 0 Å². The number of aromatic nitrogens is 1. The lowest BCUT2D eigenvalue weighted by Gasteiger charge is -2.14. The lowest BCUT2D eigenvalue weighted by atomic mass is 10.1. The van der Waals surface area contributed by atoms with Crippen molar-refractivity contribution in [3.8, 4) is 0 Å². The summed E-state index contributed by atoms with van der Waals surface area (Å²) in [7, 11) is 0. The van der Waals surface area contributed by atoms with Crippen LogP contribution in [-0.4, -0.2) is 34.9 Å². The van der Waals surface area contributed by atoms with Crippen LogP contribution in [-0.2, 0) is 16.1 Å². The first kappa shape index (κ1) is 17.8. The van der Waals surface area contributed by atoms with E-state index >= 15 is 0 Å². The zero-order valence-electron chi connectivity index (χ0n) is 15.1. The van der Waals surface area contributed by atoms with E-state index in [2.05, 4.69) is 20.5 Å². The number of hydrogen-bond acceptors (Lipinski definition) is 3. The minimum Gasteiger partial charge on any atom is -0.354 e. The molecule has 3 aromatic rings. The van der Waals surface area contributed by atoms with Gasteiger partial charge in [-0.25, -0.2) is 0 Å². The van der Waals surface area contributed by atoms with Crippen molar-refractivity contribution in [3.63, 3.8) is 0 Å². The molecule has 3 amide bonds. The molecule has 7 nitrogen and oxygen atoms in total. The summed E-state index contributed by atoms with van der Waals surface area (Å²) in [6.07, 6.45) is 1.87. The zero-order valence-corrected chi connectivity index (χ0v) is 15.1. The molecule has 0 saturated carbocycles. The maximum Gasteiger partial charge on any atom is 0.254 e. The Morgan fingerprint density at radius 2 is 1.82 bits per heavy atom. The Balaban J connectivity index is 1.34. The van der Waals surface area contributed by atoms with Crippen molar-refractivity contribution >= 4 is 34.3 Å². The van der Waals surface area contributed by atoms with Crippen molar-refractivity contribution in [3.05, 3.63) is 66.4 Å². The van der Waals surface area contributed by atoms with Crippen LogP contribution in [0.15, 0.2) is 60.8 Å². The molecule has 3 N–H and O–H groups in total. The lowest BCUT2D eigenvalue weighted by molar-refractivity contribution is -0.125. The molecule has 2 heterocycles. The fourth-order valence-corrected chi connectivity index (χ4v) is 3.36. The quantitative estimate of drug-likeness (QED) is 0.635. The van der Waals surface area contributed by atoms with Gasteiger partial charge in [-0.3, -0.25) is 14.4 Å². The van der Waals surface area contributed by atoms with Crippen LogP contribution in [0.5, 0.6) is 0 Å². The number of benzene rings is 2. The molecule has 0 bridgehead atoms. The van der Waals surface area contributed by atoms with Crippen molar-refractivity contribution in [2.75, 3.05) is 11.9 Å². The Morgan fingerprint density at radius 1 is 1.04 bits per heavy atom. The van der Waals surface area contributed by atoms with E-state index in [4.69, 9.17) is 0 Å². The van der Waals surface area contributed by atoms with Crippen molar-refractivity contribution in [2.24, 2.45) is 0 Å². The molecule has 1 aromatic heterocycles. The van der Waals surface area contributed by atoms with E-state index in [1.807, 2.05) is 36.5 Å². The van der Waals surface area contributed by atoms with E-state index in [0.717, 1.165) is 10.9 Å². The molecular formula is C21H20N4O3. The number of para-hydroxylation sites is 2. The molecule has 1 aliphatic rings. The summed E-state index contributed by atoms with van der Waals surface area (Å²) >= 11 is 0. The molecule has 1 atom stereocenters. The first-order valence-corrected chi connectivity index (χ1v) is 9.13. The highest BCUT2D eigenvalue weighted by molar-refractivity contribution is 6.10. The lowest BCUT2D eigenvalue weighted by Crippen LogP contribution is -2.44. The summed E-state index contributed by atoms with van der Waals surface area (Å²) in [5, 5.41) is 9.29. The van der Waals surface area contributed by atoms with Gasteiger partial charge >= 0.3 is 0 Å². The third-order valence-electron chi connectivity index (χ3n) is 4.80. The SMILES string of the molecule is O=C(CC1NC(=O)c2ccccc2NC1=O)NCCn1ccc2ccccc21. The van der Waals surface area contributed by atoms with Crippen molar-refractivity contribution in [1.29, 1.82) is 0 Å². The standard InChI is InChI=1S/C21H20N4O3/c26-19(22-10-12-25-11-9-14-5-1-4-8-18(14)25)13-17-21(28)23-16-7-3-2-6-15(16)20(27)24-17/h1-9,11,17H,10,12-13H2,(H,22,26)(H,23,28)(H,24,27). The summed E-state index contributed by atoms with van der Waals surface area (Å²) in [5.41, 5.74) is 1.94. The second-order valence-corrected chi connectivity index (χ2v) is 6.68. The van der Waals surface area contributed by atoms with E-state index in [0.29, 0.717) is 24.3 Å². The van der Waals surface area contributed by atoms with Gasteiger partial charge in [0.15, 0.2) is 0 Å². The molecule has 0 aliphatic carbocycles. The molecule has 7 heteroatoms. The van der Waals surface area contributed by atoms with Crippen LogP contribution in [0.3, 0.4) is 0 Å². The first-order chi connectivity index (χ1) is 13.6. The maximum atomic E-state index is 12.4. The third-order valence-corrected chi connectivity index (χ3v) is 4.80. The van der Waals surface area contributed by atoms with Crippen LogP contribution in [0, 0.1) is 0 Å². The number of fused-ring (bicyclic) bond motifs is 2. The van der Waals surface area contributed by atoms with Crippen LogP contribution in [0.2, 0.25) is 0 Å². The highest BCUT2D eigenvalue weighted by Gasteiger charge is 2.29. The number of anilines is 1. The summed E-state index contributed by atoms with van der Waals surface area (Å²) in [6, 6.07) is 15.9. The predicted octanol–water partition coefficient (Wildman–Crippen LogP) is 1.90. The molecule has 142 valence electrons. The topological polar surface area (TPSA) is 92.2 Å². The zero-order chi connectivity index (χ0) is 19.5. The van der Waals surface area contributed by atoms with Gasteiger partial charge in [-0.1, -0.05) is 30.3 Å².